The van der Waals surface area contributed by atoms with Gasteiger partial charge in [-0.15, -0.1) is 35.3 Å². The quantitative estimate of drug-likeness (QED) is 0.252. The maximum absolute atomic E-state index is 4.66. The molecule has 0 bridgehead atoms. The molecule has 1 aliphatic heterocycles. The Morgan fingerprint density at radius 1 is 1.35 bits per heavy atom. The van der Waals surface area contributed by atoms with Crippen molar-refractivity contribution >= 4 is 46.4 Å². The highest BCUT2D eigenvalue weighted by Gasteiger charge is 2.14. The van der Waals surface area contributed by atoms with Crippen molar-refractivity contribution in [3.8, 4) is 0 Å². The smallest absolute Gasteiger partial charge is 0.191 e. The summed E-state index contributed by atoms with van der Waals surface area (Å²) < 4.78 is 0. The zero-order chi connectivity index (χ0) is 18.1. The summed E-state index contributed by atoms with van der Waals surface area (Å²) in [6, 6.07) is 0. The summed E-state index contributed by atoms with van der Waals surface area (Å²) in [5, 5.41) is 9.87. The lowest BCUT2D eigenvalue weighted by Crippen LogP contribution is -2.39. The predicted molar refractivity (Wildman–Crippen MR) is 124 cm³/mol. The van der Waals surface area contributed by atoms with Crippen LogP contribution in [0.4, 0.5) is 5.13 Å². The number of halogens is 1. The zero-order valence-corrected chi connectivity index (χ0v) is 19.8. The number of likely N-dealkylation sites (tertiary alicyclic amines) is 1. The summed E-state index contributed by atoms with van der Waals surface area (Å²) in [5.74, 6) is 1.79. The molecular weight excluding hydrogens is 459 g/mol. The minimum absolute atomic E-state index is 0. The first-order chi connectivity index (χ1) is 12.1. The molecule has 0 aromatic carbocycles. The lowest BCUT2D eigenvalue weighted by molar-refractivity contribution is 0.191. The lowest BCUT2D eigenvalue weighted by Gasteiger charge is -2.30. The van der Waals surface area contributed by atoms with Gasteiger partial charge in [-0.1, -0.05) is 6.92 Å². The molecule has 2 rings (SSSR count). The second-order valence-electron chi connectivity index (χ2n) is 7.02. The minimum Gasteiger partial charge on any atom is -0.357 e. The van der Waals surface area contributed by atoms with Crippen LogP contribution in [0.3, 0.4) is 0 Å². The maximum Gasteiger partial charge on any atom is 0.191 e. The first kappa shape index (κ1) is 23.4. The Hall–Kier alpha value is -0.610. The van der Waals surface area contributed by atoms with Crippen molar-refractivity contribution < 1.29 is 0 Å². The van der Waals surface area contributed by atoms with Crippen molar-refractivity contribution in [3.05, 3.63) is 11.1 Å². The van der Waals surface area contributed by atoms with E-state index >= 15 is 0 Å². The van der Waals surface area contributed by atoms with Crippen LogP contribution in [-0.4, -0.2) is 62.7 Å². The van der Waals surface area contributed by atoms with Crippen molar-refractivity contribution in [2.45, 2.75) is 39.7 Å². The van der Waals surface area contributed by atoms with Gasteiger partial charge in [-0.05, 0) is 51.7 Å². The average molecular weight is 494 g/mol. The number of guanidine groups is 1. The SMILES string of the molecule is CCNC(=NCc1csc(N(C)C)n1)NCCCN1CCC(C)CC1.I. The van der Waals surface area contributed by atoms with Crippen LogP contribution in [-0.2, 0) is 6.54 Å². The fraction of sp³-hybridized carbons (Fsp3) is 0.778. The molecular formula is C18H35IN6S. The van der Waals surface area contributed by atoms with E-state index in [9.17, 15) is 0 Å². The number of nitrogens with one attached hydrogen (secondary N) is 2. The van der Waals surface area contributed by atoms with Gasteiger partial charge < -0.3 is 20.4 Å². The Bertz CT molecular complexity index is 526. The van der Waals surface area contributed by atoms with E-state index in [4.69, 9.17) is 0 Å². The molecule has 1 saturated heterocycles. The van der Waals surface area contributed by atoms with Crippen molar-refractivity contribution in [1.29, 1.82) is 0 Å². The largest absolute Gasteiger partial charge is 0.357 e. The normalized spacial score (nSPS) is 16.2. The van der Waals surface area contributed by atoms with Crippen LogP contribution >= 0.6 is 35.3 Å². The van der Waals surface area contributed by atoms with Crippen LogP contribution < -0.4 is 15.5 Å². The van der Waals surface area contributed by atoms with Crippen LogP contribution in [0, 0.1) is 5.92 Å². The Morgan fingerprint density at radius 3 is 2.69 bits per heavy atom. The van der Waals surface area contributed by atoms with E-state index in [1.165, 1.54) is 32.5 Å². The Kier molecular flexibility index (Phi) is 11.5. The van der Waals surface area contributed by atoms with Crippen LogP contribution in [0.2, 0.25) is 0 Å². The molecule has 26 heavy (non-hydrogen) atoms. The third-order valence-corrected chi connectivity index (χ3v) is 5.54. The van der Waals surface area contributed by atoms with E-state index in [2.05, 4.69) is 44.7 Å². The number of rotatable bonds is 8. The Labute approximate surface area is 179 Å². The molecule has 150 valence electrons. The highest BCUT2D eigenvalue weighted by Crippen LogP contribution is 2.18. The Morgan fingerprint density at radius 2 is 2.08 bits per heavy atom. The number of hydrogen-bond donors (Lipinski definition) is 2. The molecule has 0 atom stereocenters. The standard InChI is InChI=1S/C18H34N6S.HI/c1-5-19-17(21-13-16-14-25-18(22-16)23(3)4)20-9-6-10-24-11-7-15(2)8-12-24;/h14-15H,5-13H2,1-4H3,(H2,19,20,21);1H. The molecule has 1 aliphatic rings. The number of aromatic nitrogens is 1. The first-order valence-corrected chi connectivity index (χ1v) is 10.3. The molecule has 1 aromatic heterocycles. The number of anilines is 1. The third kappa shape index (κ3) is 8.39. The molecule has 8 heteroatoms. The van der Waals surface area contributed by atoms with E-state index < -0.39 is 0 Å². The van der Waals surface area contributed by atoms with Gasteiger partial charge in [0.1, 0.15) is 0 Å². The van der Waals surface area contributed by atoms with Gasteiger partial charge in [0.25, 0.3) is 0 Å². The topological polar surface area (TPSA) is 55.8 Å². The fourth-order valence-electron chi connectivity index (χ4n) is 2.87. The molecule has 2 N–H and O–H groups in total. The van der Waals surface area contributed by atoms with Gasteiger partial charge in [0, 0.05) is 32.6 Å². The number of hydrogen-bond acceptors (Lipinski definition) is 5. The molecule has 0 amide bonds. The van der Waals surface area contributed by atoms with Gasteiger partial charge in [0.15, 0.2) is 11.1 Å². The molecule has 1 fully saturated rings. The van der Waals surface area contributed by atoms with Crippen LogP contribution in [0.15, 0.2) is 10.4 Å². The first-order valence-electron chi connectivity index (χ1n) is 9.44. The molecule has 0 unspecified atom stereocenters. The van der Waals surface area contributed by atoms with Gasteiger partial charge in [-0.25, -0.2) is 9.98 Å². The summed E-state index contributed by atoms with van der Waals surface area (Å²) in [4.78, 5) is 13.9. The van der Waals surface area contributed by atoms with Crippen LogP contribution in [0.1, 0.15) is 38.8 Å². The van der Waals surface area contributed by atoms with E-state index in [-0.39, 0.29) is 24.0 Å². The molecule has 2 heterocycles. The van der Waals surface area contributed by atoms with Crippen LogP contribution in [0.25, 0.3) is 0 Å². The molecule has 0 saturated carbocycles. The summed E-state index contributed by atoms with van der Waals surface area (Å²) in [6.07, 6.45) is 3.85. The highest BCUT2D eigenvalue weighted by atomic mass is 127. The Balaban J connectivity index is 0.00000338. The summed E-state index contributed by atoms with van der Waals surface area (Å²) in [7, 11) is 4.03. The van der Waals surface area contributed by atoms with Crippen molar-refractivity contribution in [2.24, 2.45) is 10.9 Å². The number of aliphatic imine (C=N–C) groups is 1. The monoisotopic (exact) mass is 494 g/mol. The summed E-state index contributed by atoms with van der Waals surface area (Å²) >= 11 is 1.66. The summed E-state index contributed by atoms with van der Waals surface area (Å²) in [5.41, 5.74) is 1.02. The molecule has 0 aliphatic carbocycles. The molecule has 0 spiro atoms. The van der Waals surface area contributed by atoms with E-state index in [0.717, 1.165) is 42.2 Å². The molecule has 1 aromatic rings. The summed E-state index contributed by atoms with van der Waals surface area (Å²) in [6.45, 7) is 10.6. The third-order valence-electron chi connectivity index (χ3n) is 4.49. The second kappa shape index (κ2) is 12.7. The highest BCUT2D eigenvalue weighted by molar-refractivity contribution is 14.0. The van der Waals surface area contributed by atoms with E-state index in [1.807, 2.05) is 19.0 Å². The minimum atomic E-state index is 0. The molecule has 0 radical (unpaired) electrons. The second-order valence-corrected chi connectivity index (χ2v) is 7.85. The van der Waals surface area contributed by atoms with Crippen molar-refractivity contribution in [3.63, 3.8) is 0 Å². The zero-order valence-electron chi connectivity index (χ0n) is 16.6. The number of piperidine rings is 1. The number of nitrogens with zero attached hydrogens (tertiary/aromatic N) is 4. The van der Waals surface area contributed by atoms with Crippen LogP contribution in [0.5, 0.6) is 0 Å². The maximum atomic E-state index is 4.66. The van der Waals surface area contributed by atoms with Gasteiger partial charge in [0.05, 0.1) is 12.2 Å². The van der Waals surface area contributed by atoms with E-state index in [1.54, 1.807) is 11.3 Å². The van der Waals surface area contributed by atoms with Gasteiger partial charge in [-0.3, -0.25) is 0 Å². The van der Waals surface area contributed by atoms with Gasteiger partial charge >= 0.3 is 0 Å². The van der Waals surface area contributed by atoms with E-state index in [0.29, 0.717) is 6.54 Å². The van der Waals surface area contributed by atoms with Crippen molar-refractivity contribution in [2.75, 3.05) is 51.7 Å². The lowest BCUT2D eigenvalue weighted by atomic mass is 9.99. The average Bonchev–Trinajstić information content (AvgIpc) is 3.07. The predicted octanol–water partition coefficient (Wildman–Crippen LogP) is 3.00. The van der Waals surface area contributed by atoms with Gasteiger partial charge in [0.2, 0.25) is 0 Å². The molecule has 6 nitrogen and oxygen atoms in total. The van der Waals surface area contributed by atoms with Gasteiger partial charge in [-0.2, -0.15) is 0 Å². The van der Waals surface area contributed by atoms with Crippen molar-refractivity contribution in [1.82, 2.24) is 20.5 Å². The fourth-order valence-corrected chi connectivity index (χ4v) is 3.62. The number of thiazole rings is 1.